The second-order valence-corrected chi connectivity index (χ2v) is 3.19. The normalized spacial score (nSPS) is 10.1. The summed E-state index contributed by atoms with van der Waals surface area (Å²) in [5, 5.41) is 0. The number of halogens is 2. The molecule has 0 spiro atoms. The van der Waals surface area contributed by atoms with Crippen LogP contribution in [0, 0.1) is 11.6 Å². The average Bonchev–Trinajstić information content (AvgIpc) is 2.29. The lowest BCUT2D eigenvalue weighted by atomic mass is 10.1. The number of hydrogen-bond donors (Lipinski definition) is 0. The van der Waals surface area contributed by atoms with E-state index in [1.807, 2.05) is 0 Å². The van der Waals surface area contributed by atoms with Crippen molar-refractivity contribution in [2.24, 2.45) is 0 Å². The van der Waals surface area contributed by atoms with E-state index in [4.69, 9.17) is 0 Å². The molecule has 2 rings (SSSR count). The smallest absolute Gasteiger partial charge is 0.168 e. The maximum Gasteiger partial charge on any atom is 0.168 e. The highest BCUT2D eigenvalue weighted by Crippen LogP contribution is 2.21. The van der Waals surface area contributed by atoms with Crippen molar-refractivity contribution in [2.45, 2.75) is 0 Å². The Morgan fingerprint density at radius 3 is 2.62 bits per heavy atom. The van der Waals surface area contributed by atoms with Crippen molar-refractivity contribution in [2.75, 3.05) is 0 Å². The van der Waals surface area contributed by atoms with E-state index in [1.54, 1.807) is 12.1 Å². The van der Waals surface area contributed by atoms with Crippen LogP contribution in [-0.4, -0.2) is 11.3 Å². The van der Waals surface area contributed by atoms with E-state index in [1.165, 1.54) is 12.1 Å². The monoisotopic (exact) mass is 219 g/mol. The lowest BCUT2D eigenvalue weighted by molar-refractivity contribution is 0.111. The van der Waals surface area contributed by atoms with Crippen LogP contribution in [0.25, 0.3) is 11.3 Å². The van der Waals surface area contributed by atoms with Gasteiger partial charge in [-0.1, -0.05) is 6.07 Å². The summed E-state index contributed by atoms with van der Waals surface area (Å²) < 4.78 is 26.1. The third kappa shape index (κ3) is 1.95. The Bertz CT molecular complexity index is 540. The molecule has 0 aliphatic carbocycles. The molecule has 0 aliphatic rings. The molecule has 0 bridgehead atoms. The molecule has 0 aliphatic heterocycles. The maximum absolute atomic E-state index is 13.4. The summed E-state index contributed by atoms with van der Waals surface area (Å²) in [7, 11) is 0. The van der Waals surface area contributed by atoms with E-state index in [-0.39, 0.29) is 11.3 Å². The van der Waals surface area contributed by atoms with Gasteiger partial charge in [0.1, 0.15) is 17.3 Å². The number of hydrogen-bond acceptors (Lipinski definition) is 2. The van der Waals surface area contributed by atoms with Crippen LogP contribution >= 0.6 is 0 Å². The second kappa shape index (κ2) is 4.18. The number of rotatable bonds is 2. The third-order valence-electron chi connectivity index (χ3n) is 2.10. The van der Waals surface area contributed by atoms with Crippen LogP contribution in [0.15, 0.2) is 36.4 Å². The zero-order valence-electron chi connectivity index (χ0n) is 8.15. The molecule has 4 heteroatoms. The number of aldehydes is 1. The van der Waals surface area contributed by atoms with Gasteiger partial charge in [-0.25, -0.2) is 13.8 Å². The van der Waals surface area contributed by atoms with Gasteiger partial charge in [0, 0.05) is 11.6 Å². The van der Waals surface area contributed by atoms with Crippen LogP contribution < -0.4 is 0 Å². The molecule has 1 aromatic carbocycles. The molecule has 80 valence electrons. The van der Waals surface area contributed by atoms with E-state index >= 15 is 0 Å². The predicted octanol–water partition coefficient (Wildman–Crippen LogP) is 2.84. The summed E-state index contributed by atoms with van der Waals surface area (Å²) >= 11 is 0. The summed E-state index contributed by atoms with van der Waals surface area (Å²) in [5.74, 6) is -1.34. The molecule has 1 aromatic heterocycles. The molecule has 0 amide bonds. The summed E-state index contributed by atoms with van der Waals surface area (Å²) in [6.07, 6.45) is 0.574. The van der Waals surface area contributed by atoms with Gasteiger partial charge in [0.2, 0.25) is 0 Å². The topological polar surface area (TPSA) is 30.0 Å². The molecule has 2 nitrogen and oxygen atoms in total. The number of carbonyl (C=O) groups excluding carboxylic acids is 1. The summed E-state index contributed by atoms with van der Waals surface area (Å²) in [5.41, 5.74) is 0.688. The second-order valence-electron chi connectivity index (χ2n) is 3.19. The van der Waals surface area contributed by atoms with Gasteiger partial charge in [0.15, 0.2) is 6.29 Å². The van der Waals surface area contributed by atoms with Crippen LogP contribution in [0.3, 0.4) is 0 Å². The van der Waals surface area contributed by atoms with E-state index < -0.39 is 11.6 Å². The Morgan fingerprint density at radius 2 is 1.94 bits per heavy atom. The summed E-state index contributed by atoms with van der Waals surface area (Å²) in [6, 6.07) is 7.88. The minimum absolute atomic E-state index is 0.171. The molecule has 0 atom stereocenters. The van der Waals surface area contributed by atoms with Crippen LogP contribution in [0.4, 0.5) is 8.78 Å². The van der Waals surface area contributed by atoms with Crippen LogP contribution in [0.1, 0.15) is 10.5 Å². The van der Waals surface area contributed by atoms with Crippen molar-refractivity contribution in [3.8, 4) is 11.3 Å². The Kier molecular flexibility index (Phi) is 2.72. The minimum Gasteiger partial charge on any atom is -0.296 e. The first kappa shape index (κ1) is 10.4. The molecule has 0 saturated carbocycles. The van der Waals surface area contributed by atoms with Gasteiger partial charge in [-0.05, 0) is 24.3 Å². The average molecular weight is 219 g/mol. The van der Waals surface area contributed by atoms with Crippen molar-refractivity contribution < 1.29 is 13.6 Å². The largest absolute Gasteiger partial charge is 0.296 e. The van der Waals surface area contributed by atoms with E-state index in [2.05, 4.69) is 4.98 Å². The quantitative estimate of drug-likeness (QED) is 0.727. The lowest BCUT2D eigenvalue weighted by Gasteiger charge is -2.02. The number of carbonyl (C=O) groups is 1. The molecule has 2 aromatic rings. The van der Waals surface area contributed by atoms with Gasteiger partial charge in [0.25, 0.3) is 0 Å². The number of benzene rings is 1. The molecular weight excluding hydrogens is 212 g/mol. The molecular formula is C12H7F2NO. The first-order chi connectivity index (χ1) is 7.70. The van der Waals surface area contributed by atoms with Crippen molar-refractivity contribution in [1.82, 2.24) is 4.98 Å². The minimum atomic E-state index is -0.699. The van der Waals surface area contributed by atoms with Crippen molar-refractivity contribution >= 4 is 6.29 Å². The summed E-state index contributed by atoms with van der Waals surface area (Å²) in [4.78, 5) is 14.4. The van der Waals surface area contributed by atoms with Gasteiger partial charge < -0.3 is 0 Å². The molecule has 0 radical (unpaired) electrons. The Morgan fingerprint density at radius 1 is 1.12 bits per heavy atom. The molecule has 1 heterocycles. The van der Waals surface area contributed by atoms with E-state index in [0.29, 0.717) is 12.0 Å². The fourth-order valence-corrected chi connectivity index (χ4v) is 1.36. The molecule has 16 heavy (non-hydrogen) atoms. The van der Waals surface area contributed by atoms with Crippen LogP contribution in [0.5, 0.6) is 0 Å². The van der Waals surface area contributed by atoms with Gasteiger partial charge in [-0.2, -0.15) is 0 Å². The van der Waals surface area contributed by atoms with Gasteiger partial charge in [-0.3, -0.25) is 4.79 Å². The van der Waals surface area contributed by atoms with Crippen LogP contribution in [0.2, 0.25) is 0 Å². The molecule has 0 saturated heterocycles. The maximum atomic E-state index is 13.4. The zero-order valence-corrected chi connectivity index (χ0v) is 8.15. The SMILES string of the molecule is O=Cc1cccc(-c2ccc(F)cc2F)n1. The highest BCUT2D eigenvalue weighted by molar-refractivity contribution is 5.73. The zero-order chi connectivity index (χ0) is 11.5. The van der Waals surface area contributed by atoms with Gasteiger partial charge in [-0.15, -0.1) is 0 Å². The lowest BCUT2D eigenvalue weighted by Crippen LogP contribution is -1.92. The van der Waals surface area contributed by atoms with Gasteiger partial charge in [0.05, 0.1) is 5.69 Å². The first-order valence-corrected chi connectivity index (χ1v) is 4.58. The Balaban J connectivity index is 2.53. The number of aromatic nitrogens is 1. The molecule has 0 fully saturated rings. The van der Waals surface area contributed by atoms with Crippen molar-refractivity contribution in [3.63, 3.8) is 0 Å². The standard InChI is InChI=1S/C12H7F2NO/c13-8-4-5-10(11(14)6-8)12-3-1-2-9(7-16)15-12/h1-7H. The highest BCUT2D eigenvalue weighted by atomic mass is 19.1. The first-order valence-electron chi connectivity index (χ1n) is 4.58. The van der Waals surface area contributed by atoms with Crippen molar-refractivity contribution in [1.29, 1.82) is 0 Å². The highest BCUT2D eigenvalue weighted by Gasteiger charge is 2.07. The Hall–Kier alpha value is -2.10. The predicted molar refractivity (Wildman–Crippen MR) is 55.0 cm³/mol. The molecule has 0 N–H and O–H groups in total. The number of pyridine rings is 1. The Labute approximate surface area is 90.6 Å². The third-order valence-corrected chi connectivity index (χ3v) is 2.10. The summed E-state index contributed by atoms with van der Waals surface area (Å²) in [6.45, 7) is 0. The van der Waals surface area contributed by atoms with Crippen molar-refractivity contribution in [3.05, 3.63) is 53.7 Å². The van der Waals surface area contributed by atoms with Gasteiger partial charge >= 0.3 is 0 Å². The fraction of sp³-hybridized carbons (Fsp3) is 0. The van der Waals surface area contributed by atoms with Crippen LogP contribution in [-0.2, 0) is 0 Å². The fourth-order valence-electron chi connectivity index (χ4n) is 1.36. The van der Waals surface area contributed by atoms with E-state index in [9.17, 15) is 13.6 Å². The molecule has 0 unspecified atom stereocenters. The van der Waals surface area contributed by atoms with E-state index in [0.717, 1.165) is 12.1 Å². The number of nitrogens with zero attached hydrogens (tertiary/aromatic N) is 1.